The van der Waals surface area contributed by atoms with Crippen LogP contribution >= 0.6 is 0 Å². The van der Waals surface area contributed by atoms with E-state index in [1.54, 1.807) is 18.2 Å². The molecule has 1 aromatic carbocycles. The lowest BCUT2D eigenvalue weighted by atomic mass is 10.2. The molecule has 80 valence electrons. The molecule has 0 radical (unpaired) electrons. The third kappa shape index (κ3) is 1.57. The molecule has 0 aliphatic heterocycles. The van der Waals surface area contributed by atoms with Gasteiger partial charge in [-0.1, -0.05) is 17.2 Å². The molecule has 1 aromatic heterocycles. The smallest absolute Gasteiger partial charge is 0.346 e. The highest BCUT2D eigenvalue weighted by molar-refractivity contribution is 5.84. The second kappa shape index (κ2) is 3.96. The van der Waals surface area contributed by atoms with Gasteiger partial charge in [0.25, 0.3) is 0 Å². The van der Waals surface area contributed by atoms with Gasteiger partial charge < -0.3 is 9.15 Å². The maximum Gasteiger partial charge on any atom is 0.346 e. The van der Waals surface area contributed by atoms with Gasteiger partial charge in [0.1, 0.15) is 5.69 Å². The molecule has 2 rings (SSSR count). The molecule has 0 unspecified atom stereocenters. The molecule has 0 aliphatic rings. The highest BCUT2D eigenvalue weighted by Crippen LogP contribution is 2.26. The summed E-state index contributed by atoms with van der Waals surface area (Å²) in [4.78, 5) is 14.0. The summed E-state index contributed by atoms with van der Waals surface area (Å²) in [5.74, 6) is 0.460. The molecule has 6 heteroatoms. The van der Waals surface area contributed by atoms with Crippen molar-refractivity contribution in [2.75, 3.05) is 7.11 Å². The lowest BCUT2D eigenvalue weighted by molar-refractivity contribution is 0.407. The van der Waals surface area contributed by atoms with Gasteiger partial charge in [0.15, 0.2) is 11.3 Å². The molecule has 0 saturated heterocycles. The molecule has 0 bridgehead atoms. The molecular formula is C10H7N3O3. The van der Waals surface area contributed by atoms with E-state index in [9.17, 15) is 4.79 Å². The topological polar surface area (TPSA) is 88.2 Å². The summed E-state index contributed by atoms with van der Waals surface area (Å²) >= 11 is 0. The van der Waals surface area contributed by atoms with Crippen LogP contribution in [0.5, 0.6) is 5.75 Å². The van der Waals surface area contributed by atoms with Crippen molar-refractivity contribution < 1.29 is 9.15 Å². The van der Waals surface area contributed by atoms with Crippen LogP contribution in [0, 0.1) is 0 Å². The molecular weight excluding hydrogens is 210 g/mol. The Morgan fingerprint density at radius 2 is 2.31 bits per heavy atom. The minimum Gasteiger partial charge on any atom is -0.493 e. The fraction of sp³-hybridized carbons (Fsp3) is 0.100. The zero-order valence-electron chi connectivity index (χ0n) is 8.38. The van der Waals surface area contributed by atoms with Crippen LogP contribution in [0.15, 0.2) is 38.6 Å². The fourth-order valence-electron chi connectivity index (χ4n) is 1.39. The lowest BCUT2D eigenvalue weighted by Crippen LogP contribution is -1.98. The first-order valence-corrected chi connectivity index (χ1v) is 4.42. The Hall–Kier alpha value is -2.46. The molecule has 1 heterocycles. The second-order valence-corrected chi connectivity index (χ2v) is 2.99. The Morgan fingerprint density at radius 1 is 1.50 bits per heavy atom. The Balaban J connectivity index is 2.83. The van der Waals surface area contributed by atoms with Gasteiger partial charge in [-0.2, -0.15) is 0 Å². The number of benzene rings is 1. The van der Waals surface area contributed by atoms with E-state index in [-0.39, 0.29) is 5.69 Å². The highest BCUT2D eigenvalue weighted by atomic mass is 16.5. The van der Waals surface area contributed by atoms with Crippen molar-refractivity contribution in [3.8, 4) is 5.75 Å². The Labute approximate surface area is 89.7 Å². The minimum atomic E-state index is -0.685. The quantitative estimate of drug-likeness (QED) is 0.335. The van der Waals surface area contributed by atoms with Crippen LogP contribution in [0.4, 0.5) is 5.69 Å². The van der Waals surface area contributed by atoms with Crippen molar-refractivity contribution in [2.24, 2.45) is 5.11 Å². The number of ether oxygens (including phenoxy) is 1. The molecule has 0 saturated carbocycles. The number of hydrogen-bond donors (Lipinski definition) is 0. The first-order chi connectivity index (χ1) is 7.76. The number of hydrogen-bond acceptors (Lipinski definition) is 4. The summed E-state index contributed by atoms with van der Waals surface area (Å²) in [5, 5.41) is 3.89. The highest BCUT2D eigenvalue weighted by Gasteiger charge is 2.07. The third-order valence-electron chi connectivity index (χ3n) is 2.08. The van der Waals surface area contributed by atoms with Crippen LogP contribution in [0.1, 0.15) is 0 Å². The van der Waals surface area contributed by atoms with E-state index in [4.69, 9.17) is 14.7 Å². The minimum absolute atomic E-state index is 0.0664. The number of fused-ring (bicyclic) bond motifs is 1. The summed E-state index contributed by atoms with van der Waals surface area (Å²) in [6, 6.07) is 6.63. The Morgan fingerprint density at radius 3 is 3.00 bits per heavy atom. The molecule has 2 aromatic rings. The van der Waals surface area contributed by atoms with E-state index in [0.29, 0.717) is 16.7 Å². The van der Waals surface area contributed by atoms with Crippen molar-refractivity contribution in [3.63, 3.8) is 0 Å². The number of para-hydroxylation sites is 1. The fourth-order valence-corrected chi connectivity index (χ4v) is 1.39. The van der Waals surface area contributed by atoms with Crippen molar-refractivity contribution in [1.29, 1.82) is 0 Å². The molecule has 6 nitrogen and oxygen atoms in total. The predicted octanol–water partition coefficient (Wildman–Crippen LogP) is 2.74. The summed E-state index contributed by atoms with van der Waals surface area (Å²) in [6.07, 6.45) is 0. The monoisotopic (exact) mass is 217 g/mol. The van der Waals surface area contributed by atoms with Crippen LogP contribution < -0.4 is 10.4 Å². The molecule has 16 heavy (non-hydrogen) atoms. The molecule has 0 atom stereocenters. The standard InChI is InChI=1S/C10H7N3O3/c1-15-8-4-2-3-6-5-7(12-13-11)10(14)16-9(6)8/h2-5H,1H3. The lowest BCUT2D eigenvalue weighted by Gasteiger charge is -2.03. The normalized spacial score (nSPS) is 9.81. The van der Waals surface area contributed by atoms with E-state index in [2.05, 4.69) is 10.0 Å². The molecule has 0 N–H and O–H groups in total. The van der Waals surface area contributed by atoms with Crippen LogP contribution in [-0.2, 0) is 0 Å². The average molecular weight is 217 g/mol. The van der Waals surface area contributed by atoms with E-state index in [1.165, 1.54) is 13.2 Å². The maximum absolute atomic E-state index is 11.4. The molecule has 0 spiro atoms. The molecule has 0 fully saturated rings. The van der Waals surface area contributed by atoms with Gasteiger partial charge in [0.05, 0.1) is 7.11 Å². The number of methoxy groups -OCH3 is 1. The van der Waals surface area contributed by atoms with Crippen molar-refractivity contribution in [1.82, 2.24) is 0 Å². The first-order valence-electron chi connectivity index (χ1n) is 4.42. The predicted molar refractivity (Wildman–Crippen MR) is 57.8 cm³/mol. The van der Waals surface area contributed by atoms with Gasteiger partial charge in [-0.3, -0.25) is 0 Å². The first kappa shape index (κ1) is 10.1. The van der Waals surface area contributed by atoms with E-state index < -0.39 is 5.63 Å². The van der Waals surface area contributed by atoms with Gasteiger partial charge in [-0.25, -0.2) is 4.79 Å². The van der Waals surface area contributed by atoms with Crippen molar-refractivity contribution >= 4 is 16.7 Å². The van der Waals surface area contributed by atoms with Crippen LogP contribution in [-0.4, -0.2) is 7.11 Å². The maximum atomic E-state index is 11.4. The summed E-state index contributed by atoms with van der Waals surface area (Å²) in [5.41, 5.74) is 7.86. The van der Waals surface area contributed by atoms with Crippen LogP contribution in [0.25, 0.3) is 21.4 Å². The van der Waals surface area contributed by atoms with Crippen LogP contribution in [0.2, 0.25) is 0 Å². The van der Waals surface area contributed by atoms with E-state index in [0.717, 1.165) is 0 Å². The number of nitrogens with zero attached hydrogens (tertiary/aromatic N) is 3. The Bertz CT molecular complexity index is 641. The Kier molecular flexibility index (Phi) is 2.49. The summed E-state index contributed by atoms with van der Waals surface area (Å²) in [6.45, 7) is 0. The summed E-state index contributed by atoms with van der Waals surface area (Å²) in [7, 11) is 1.48. The van der Waals surface area contributed by atoms with Crippen molar-refractivity contribution in [3.05, 3.63) is 45.1 Å². The van der Waals surface area contributed by atoms with E-state index in [1.807, 2.05) is 0 Å². The second-order valence-electron chi connectivity index (χ2n) is 2.99. The molecule has 0 amide bonds. The zero-order chi connectivity index (χ0) is 11.5. The summed E-state index contributed by atoms with van der Waals surface area (Å²) < 4.78 is 10.1. The SMILES string of the molecule is COc1cccc2cc(N=[N+]=[N-])c(=O)oc12. The molecule has 0 aliphatic carbocycles. The third-order valence-corrected chi connectivity index (χ3v) is 2.08. The van der Waals surface area contributed by atoms with Gasteiger partial charge in [0, 0.05) is 10.3 Å². The van der Waals surface area contributed by atoms with Crippen molar-refractivity contribution in [2.45, 2.75) is 0 Å². The largest absolute Gasteiger partial charge is 0.493 e. The van der Waals surface area contributed by atoms with Gasteiger partial charge >= 0.3 is 5.63 Å². The van der Waals surface area contributed by atoms with Gasteiger partial charge in [-0.05, 0) is 17.7 Å². The number of azide groups is 1. The number of rotatable bonds is 2. The van der Waals surface area contributed by atoms with Gasteiger partial charge in [-0.15, -0.1) is 0 Å². The zero-order valence-corrected chi connectivity index (χ0v) is 8.38. The van der Waals surface area contributed by atoms with Gasteiger partial charge in [0.2, 0.25) is 0 Å². The average Bonchev–Trinajstić information content (AvgIpc) is 2.30. The van der Waals surface area contributed by atoms with Crippen LogP contribution in [0.3, 0.4) is 0 Å². The van der Waals surface area contributed by atoms with E-state index >= 15 is 0 Å².